The van der Waals surface area contributed by atoms with Crippen LogP contribution in [0.4, 0.5) is 10.5 Å². The van der Waals surface area contributed by atoms with Crippen molar-refractivity contribution in [3.8, 4) is 5.75 Å². The molecule has 0 spiro atoms. The van der Waals surface area contributed by atoms with Crippen LogP contribution in [0.2, 0.25) is 0 Å². The second-order valence-electron chi connectivity index (χ2n) is 4.15. The van der Waals surface area contributed by atoms with Crippen LogP contribution in [0.25, 0.3) is 0 Å². The summed E-state index contributed by atoms with van der Waals surface area (Å²) in [5.41, 5.74) is 1.12. The molecular weight excluding hydrogens is 248 g/mol. The van der Waals surface area contributed by atoms with Crippen molar-refractivity contribution >= 4 is 17.7 Å². The summed E-state index contributed by atoms with van der Waals surface area (Å²) in [7, 11) is 0. The Labute approximate surface area is 110 Å². The highest BCUT2D eigenvalue weighted by molar-refractivity contribution is 5.95. The third-order valence-electron chi connectivity index (χ3n) is 2.26. The van der Waals surface area contributed by atoms with Gasteiger partial charge < -0.3 is 20.8 Å². The monoisotopic (exact) mass is 264 g/mol. The van der Waals surface area contributed by atoms with Crippen molar-refractivity contribution in [1.82, 2.24) is 5.32 Å². The summed E-state index contributed by atoms with van der Waals surface area (Å²) < 4.78 is 0. The molecule has 102 valence electrons. The highest BCUT2D eigenvalue weighted by Gasteiger charge is 2.11. The smallest absolute Gasteiger partial charge is 0.339 e. The first-order chi connectivity index (χ1) is 8.90. The van der Waals surface area contributed by atoms with Crippen LogP contribution in [0.15, 0.2) is 29.8 Å². The van der Waals surface area contributed by atoms with E-state index in [1.807, 2.05) is 19.9 Å². The van der Waals surface area contributed by atoms with Gasteiger partial charge in [-0.3, -0.25) is 0 Å². The van der Waals surface area contributed by atoms with E-state index in [1.54, 1.807) is 0 Å². The SMILES string of the molecule is CC(C)=CCNC(=O)Nc1ccc(O)c(C(=O)O)c1. The maximum atomic E-state index is 11.5. The van der Waals surface area contributed by atoms with Gasteiger partial charge in [-0.15, -0.1) is 0 Å². The molecule has 1 rings (SSSR count). The van der Waals surface area contributed by atoms with Gasteiger partial charge in [0, 0.05) is 12.2 Å². The molecule has 0 atom stereocenters. The van der Waals surface area contributed by atoms with Gasteiger partial charge in [0.15, 0.2) is 0 Å². The zero-order valence-corrected chi connectivity index (χ0v) is 10.7. The number of urea groups is 1. The number of carboxylic acid groups (broad SMARTS) is 1. The molecule has 0 bridgehead atoms. The molecule has 1 aromatic carbocycles. The van der Waals surface area contributed by atoms with E-state index in [9.17, 15) is 14.7 Å². The van der Waals surface area contributed by atoms with Crippen LogP contribution in [0.5, 0.6) is 5.75 Å². The van der Waals surface area contributed by atoms with Crippen LogP contribution < -0.4 is 10.6 Å². The Morgan fingerprint density at radius 1 is 1.32 bits per heavy atom. The number of carbonyl (C=O) groups is 2. The van der Waals surface area contributed by atoms with E-state index in [0.29, 0.717) is 12.2 Å². The summed E-state index contributed by atoms with van der Waals surface area (Å²) in [6.45, 7) is 4.22. The minimum absolute atomic E-state index is 0.262. The molecule has 4 N–H and O–H groups in total. The van der Waals surface area contributed by atoms with Gasteiger partial charge in [0.1, 0.15) is 11.3 Å². The molecule has 0 saturated carbocycles. The molecule has 0 aliphatic carbocycles. The first-order valence-electron chi connectivity index (χ1n) is 5.64. The first kappa shape index (κ1) is 14.6. The standard InChI is InChI=1S/C13H16N2O4/c1-8(2)5-6-14-13(19)15-9-3-4-11(16)10(7-9)12(17)18/h3-5,7,16H,6H2,1-2H3,(H,17,18)(H2,14,15,19). The summed E-state index contributed by atoms with van der Waals surface area (Å²) in [4.78, 5) is 22.3. The van der Waals surface area contributed by atoms with Gasteiger partial charge in [-0.05, 0) is 32.0 Å². The lowest BCUT2D eigenvalue weighted by Crippen LogP contribution is -2.28. The number of amides is 2. The van der Waals surface area contributed by atoms with Crippen molar-refractivity contribution in [1.29, 1.82) is 0 Å². The number of aromatic hydroxyl groups is 1. The number of hydrogen-bond donors (Lipinski definition) is 4. The highest BCUT2D eigenvalue weighted by atomic mass is 16.4. The van der Waals surface area contributed by atoms with E-state index in [-0.39, 0.29) is 11.3 Å². The van der Waals surface area contributed by atoms with Crippen LogP contribution in [-0.2, 0) is 0 Å². The average molecular weight is 264 g/mol. The molecule has 0 fully saturated rings. The average Bonchev–Trinajstić information content (AvgIpc) is 2.30. The molecular formula is C13H16N2O4. The third kappa shape index (κ3) is 4.71. The van der Waals surface area contributed by atoms with Crippen LogP contribution >= 0.6 is 0 Å². The molecule has 0 heterocycles. The minimum Gasteiger partial charge on any atom is -0.507 e. The number of anilines is 1. The Morgan fingerprint density at radius 2 is 2.00 bits per heavy atom. The van der Waals surface area contributed by atoms with E-state index >= 15 is 0 Å². The highest BCUT2D eigenvalue weighted by Crippen LogP contribution is 2.21. The molecule has 0 radical (unpaired) electrons. The molecule has 6 heteroatoms. The topological polar surface area (TPSA) is 98.7 Å². The fraction of sp³-hybridized carbons (Fsp3) is 0.231. The molecule has 6 nitrogen and oxygen atoms in total. The number of carbonyl (C=O) groups excluding carboxylic acids is 1. The maximum Gasteiger partial charge on any atom is 0.339 e. The molecule has 0 unspecified atom stereocenters. The van der Waals surface area contributed by atoms with Crippen molar-refractivity contribution in [3.05, 3.63) is 35.4 Å². The molecule has 1 aromatic rings. The van der Waals surface area contributed by atoms with Crippen LogP contribution in [0.1, 0.15) is 24.2 Å². The van der Waals surface area contributed by atoms with Gasteiger partial charge in [-0.1, -0.05) is 11.6 Å². The zero-order valence-electron chi connectivity index (χ0n) is 10.7. The molecule has 0 aliphatic rings. The van der Waals surface area contributed by atoms with E-state index in [2.05, 4.69) is 10.6 Å². The Kier molecular flexibility index (Phi) is 4.93. The number of allylic oxidation sites excluding steroid dienone is 1. The van der Waals surface area contributed by atoms with Gasteiger partial charge in [-0.25, -0.2) is 9.59 Å². The second kappa shape index (κ2) is 6.44. The van der Waals surface area contributed by atoms with Crippen molar-refractivity contribution in [3.63, 3.8) is 0 Å². The molecule has 0 saturated heterocycles. The third-order valence-corrected chi connectivity index (χ3v) is 2.26. The summed E-state index contributed by atoms with van der Waals surface area (Å²) in [5.74, 6) is -1.60. The number of nitrogens with one attached hydrogen (secondary N) is 2. The molecule has 0 aromatic heterocycles. The predicted octanol–water partition coefficient (Wildman–Crippen LogP) is 2.18. The van der Waals surface area contributed by atoms with Gasteiger partial charge in [0.2, 0.25) is 0 Å². The van der Waals surface area contributed by atoms with E-state index in [1.165, 1.54) is 18.2 Å². The number of carboxylic acids is 1. The lowest BCUT2D eigenvalue weighted by molar-refractivity contribution is 0.0693. The quantitative estimate of drug-likeness (QED) is 0.494. The van der Waals surface area contributed by atoms with Crippen LogP contribution in [0, 0.1) is 0 Å². The fourth-order valence-electron chi connectivity index (χ4n) is 1.31. The normalized spacial score (nSPS) is 9.58. The van der Waals surface area contributed by atoms with Crippen molar-refractivity contribution < 1.29 is 19.8 Å². The maximum absolute atomic E-state index is 11.5. The summed E-state index contributed by atoms with van der Waals surface area (Å²) >= 11 is 0. The molecule has 0 aliphatic heterocycles. The van der Waals surface area contributed by atoms with Gasteiger partial charge in [-0.2, -0.15) is 0 Å². The largest absolute Gasteiger partial charge is 0.507 e. The Bertz CT molecular complexity index is 519. The first-order valence-corrected chi connectivity index (χ1v) is 5.64. The van der Waals surface area contributed by atoms with Gasteiger partial charge in [0.25, 0.3) is 0 Å². The number of hydrogen-bond acceptors (Lipinski definition) is 3. The van der Waals surface area contributed by atoms with E-state index in [0.717, 1.165) is 5.57 Å². The summed E-state index contributed by atoms with van der Waals surface area (Å²) in [6, 6.07) is 3.38. The fourth-order valence-corrected chi connectivity index (χ4v) is 1.31. The van der Waals surface area contributed by atoms with Gasteiger partial charge in [0.05, 0.1) is 0 Å². The number of benzene rings is 1. The number of phenols is 1. The Balaban J connectivity index is 2.67. The number of aromatic carboxylic acids is 1. The second-order valence-corrected chi connectivity index (χ2v) is 4.15. The van der Waals surface area contributed by atoms with Gasteiger partial charge >= 0.3 is 12.0 Å². The molecule has 2 amide bonds. The van der Waals surface area contributed by atoms with E-state index < -0.39 is 12.0 Å². The van der Waals surface area contributed by atoms with Crippen LogP contribution in [0.3, 0.4) is 0 Å². The summed E-state index contributed by atoms with van der Waals surface area (Å²) in [5, 5.41) is 23.2. The van der Waals surface area contributed by atoms with E-state index in [4.69, 9.17) is 5.11 Å². The Morgan fingerprint density at radius 3 is 2.58 bits per heavy atom. The molecule has 19 heavy (non-hydrogen) atoms. The van der Waals surface area contributed by atoms with Crippen molar-refractivity contribution in [2.45, 2.75) is 13.8 Å². The van der Waals surface area contributed by atoms with Crippen molar-refractivity contribution in [2.24, 2.45) is 0 Å². The lowest BCUT2D eigenvalue weighted by Gasteiger charge is -2.07. The van der Waals surface area contributed by atoms with Crippen molar-refractivity contribution in [2.75, 3.05) is 11.9 Å². The lowest BCUT2D eigenvalue weighted by atomic mass is 10.2. The predicted molar refractivity (Wildman–Crippen MR) is 71.5 cm³/mol. The van der Waals surface area contributed by atoms with Crippen LogP contribution in [-0.4, -0.2) is 28.8 Å². The summed E-state index contributed by atoms with van der Waals surface area (Å²) in [6.07, 6.45) is 1.85. The zero-order chi connectivity index (χ0) is 14.4. The Hall–Kier alpha value is -2.50. The number of rotatable bonds is 4. The minimum atomic E-state index is -1.26.